The number of guanidine groups is 1. The molecule has 0 amide bonds. The summed E-state index contributed by atoms with van der Waals surface area (Å²) in [5.41, 5.74) is 2.23. The molecule has 0 radical (unpaired) electrons. The lowest BCUT2D eigenvalue weighted by atomic mass is 10.1. The number of nitrogens with one attached hydrogen (secondary N) is 2. The van der Waals surface area contributed by atoms with Gasteiger partial charge in [0.15, 0.2) is 5.96 Å². The van der Waals surface area contributed by atoms with Crippen molar-refractivity contribution in [3.05, 3.63) is 63.7 Å². The van der Waals surface area contributed by atoms with Crippen molar-refractivity contribution in [2.45, 2.75) is 25.8 Å². The summed E-state index contributed by atoms with van der Waals surface area (Å²) in [4.78, 5) is 14.5. The minimum absolute atomic E-state index is 0.124. The molecular formula is C21H28N4O4. The molecule has 2 N–H and O–H groups in total. The van der Waals surface area contributed by atoms with Crippen molar-refractivity contribution < 1.29 is 14.4 Å². The molecular weight excluding hydrogens is 372 g/mol. The van der Waals surface area contributed by atoms with Crippen LogP contribution in [0.2, 0.25) is 0 Å². The minimum Gasteiger partial charge on any atom is -0.497 e. The van der Waals surface area contributed by atoms with Gasteiger partial charge in [-0.15, -0.1) is 0 Å². The number of nitro benzene ring substituents is 1. The lowest BCUT2D eigenvalue weighted by Crippen LogP contribution is -2.37. The van der Waals surface area contributed by atoms with Crippen LogP contribution in [0.15, 0.2) is 47.5 Å². The van der Waals surface area contributed by atoms with Gasteiger partial charge < -0.3 is 20.1 Å². The van der Waals surface area contributed by atoms with Crippen LogP contribution in [0.3, 0.4) is 0 Å². The van der Waals surface area contributed by atoms with Crippen molar-refractivity contribution in [2.75, 3.05) is 27.8 Å². The van der Waals surface area contributed by atoms with Crippen molar-refractivity contribution in [3.63, 3.8) is 0 Å². The standard InChI is InChI=1S/C21H28N4O4/c1-22-21(24-15-17-9-12-19(28-2)14-20(17)29-3)23-13-5-4-6-16-7-10-18(11-8-16)25(26)27/h7-12,14H,4-6,13,15H2,1-3H3,(H2,22,23,24). The average molecular weight is 400 g/mol. The Balaban J connectivity index is 1.72. The third kappa shape index (κ3) is 6.99. The van der Waals surface area contributed by atoms with Crippen LogP contribution in [0.4, 0.5) is 5.69 Å². The first kappa shape index (κ1) is 22.0. The molecule has 156 valence electrons. The fourth-order valence-corrected chi connectivity index (χ4v) is 2.84. The summed E-state index contributed by atoms with van der Waals surface area (Å²) in [5.74, 6) is 2.23. The second-order valence-corrected chi connectivity index (χ2v) is 6.41. The number of aliphatic imine (C=N–C) groups is 1. The van der Waals surface area contributed by atoms with E-state index in [9.17, 15) is 10.1 Å². The first-order chi connectivity index (χ1) is 14.1. The van der Waals surface area contributed by atoms with Gasteiger partial charge in [0, 0.05) is 43.9 Å². The van der Waals surface area contributed by atoms with E-state index in [1.54, 1.807) is 33.4 Å². The summed E-state index contributed by atoms with van der Waals surface area (Å²) in [6.07, 6.45) is 2.83. The smallest absolute Gasteiger partial charge is 0.269 e. The molecule has 0 unspecified atom stereocenters. The Morgan fingerprint density at radius 1 is 1.07 bits per heavy atom. The van der Waals surface area contributed by atoms with E-state index in [0.29, 0.717) is 6.54 Å². The molecule has 0 spiro atoms. The molecule has 0 heterocycles. The number of nitro groups is 1. The van der Waals surface area contributed by atoms with E-state index < -0.39 is 0 Å². The number of aryl methyl sites for hydroxylation is 1. The molecule has 0 saturated carbocycles. The number of rotatable bonds is 10. The predicted molar refractivity (Wildman–Crippen MR) is 114 cm³/mol. The average Bonchev–Trinajstić information content (AvgIpc) is 2.75. The van der Waals surface area contributed by atoms with Gasteiger partial charge in [0.1, 0.15) is 11.5 Å². The second kappa shape index (κ2) is 11.5. The summed E-state index contributed by atoms with van der Waals surface area (Å²) in [6.45, 7) is 1.36. The quantitative estimate of drug-likeness (QED) is 0.209. The van der Waals surface area contributed by atoms with Crippen LogP contribution in [0.1, 0.15) is 24.0 Å². The van der Waals surface area contributed by atoms with E-state index in [0.717, 1.165) is 54.4 Å². The number of methoxy groups -OCH3 is 2. The molecule has 2 aromatic carbocycles. The van der Waals surface area contributed by atoms with Gasteiger partial charge in [-0.3, -0.25) is 15.1 Å². The Morgan fingerprint density at radius 3 is 2.45 bits per heavy atom. The largest absolute Gasteiger partial charge is 0.497 e. The van der Waals surface area contributed by atoms with E-state index in [4.69, 9.17) is 9.47 Å². The first-order valence-corrected chi connectivity index (χ1v) is 9.46. The van der Waals surface area contributed by atoms with Gasteiger partial charge in [-0.2, -0.15) is 0 Å². The fourth-order valence-electron chi connectivity index (χ4n) is 2.84. The molecule has 0 fully saturated rings. The normalized spacial score (nSPS) is 11.1. The van der Waals surface area contributed by atoms with E-state index in [-0.39, 0.29) is 10.6 Å². The van der Waals surface area contributed by atoms with E-state index >= 15 is 0 Å². The van der Waals surface area contributed by atoms with Gasteiger partial charge in [-0.05, 0) is 37.0 Å². The molecule has 2 aromatic rings. The van der Waals surface area contributed by atoms with Crippen molar-refractivity contribution >= 4 is 11.6 Å². The fraction of sp³-hybridized carbons (Fsp3) is 0.381. The van der Waals surface area contributed by atoms with Crippen molar-refractivity contribution in [1.29, 1.82) is 0 Å². The molecule has 0 atom stereocenters. The van der Waals surface area contributed by atoms with Crippen molar-refractivity contribution in [2.24, 2.45) is 4.99 Å². The summed E-state index contributed by atoms with van der Waals surface area (Å²) >= 11 is 0. The van der Waals surface area contributed by atoms with Gasteiger partial charge in [-0.1, -0.05) is 12.1 Å². The number of hydrogen-bond acceptors (Lipinski definition) is 5. The molecule has 8 heteroatoms. The Kier molecular flexibility index (Phi) is 8.75. The van der Waals surface area contributed by atoms with E-state index in [2.05, 4.69) is 15.6 Å². The Morgan fingerprint density at radius 2 is 1.83 bits per heavy atom. The van der Waals surface area contributed by atoms with E-state index in [1.165, 1.54) is 0 Å². The first-order valence-electron chi connectivity index (χ1n) is 9.46. The topological polar surface area (TPSA) is 98.0 Å². The summed E-state index contributed by atoms with van der Waals surface area (Å²) in [5, 5.41) is 17.3. The zero-order valence-electron chi connectivity index (χ0n) is 17.1. The number of ether oxygens (including phenoxy) is 2. The maximum Gasteiger partial charge on any atom is 0.269 e. The van der Waals surface area contributed by atoms with Crippen LogP contribution in [-0.2, 0) is 13.0 Å². The Hall–Kier alpha value is -3.29. The molecule has 0 aromatic heterocycles. The highest BCUT2D eigenvalue weighted by atomic mass is 16.6. The molecule has 0 aliphatic rings. The van der Waals surface area contributed by atoms with Crippen LogP contribution in [0.25, 0.3) is 0 Å². The minimum atomic E-state index is -0.381. The van der Waals surface area contributed by atoms with Crippen LogP contribution in [0.5, 0.6) is 11.5 Å². The lowest BCUT2D eigenvalue weighted by Gasteiger charge is -2.14. The van der Waals surface area contributed by atoms with Crippen LogP contribution in [0, 0.1) is 10.1 Å². The van der Waals surface area contributed by atoms with Gasteiger partial charge in [0.25, 0.3) is 5.69 Å². The van der Waals surface area contributed by atoms with Gasteiger partial charge in [-0.25, -0.2) is 0 Å². The van der Waals surface area contributed by atoms with Crippen molar-refractivity contribution in [1.82, 2.24) is 10.6 Å². The molecule has 2 rings (SSSR count). The maximum atomic E-state index is 10.7. The highest BCUT2D eigenvalue weighted by Gasteiger charge is 2.07. The van der Waals surface area contributed by atoms with Crippen LogP contribution >= 0.6 is 0 Å². The van der Waals surface area contributed by atoms with Gasteiger partial charge >= 0.3 is 0 Å². The lowest BCUT2D eigenvalue weighted by molar-refractivity contribution is -0.384. The number of benzene rings is 2. The molecule has 29 heavy (non-hydrogen) atoms. The highest BCUT2D eigenvalue weighted by Crippen LogP contribution is 2.24. The number of non-ortho nitro benzene ring substituents is 1. The summed E-state index contributed by atoms with van der Waals surface area (Å²) in [6, 6.07) is 12.4. The zero-order valence-corrected chi connectivity index (χ0v) is 17.1. The zero-order chi connectivity index (χ0) is 21.1. The highest BCUT2D eigenvalue weighted by molar-refractivity contribution is 5.79. The molecule has 0 bridgehead atoms. The van der Waals surface area contributed by atoms with Gasteiger partial charge in [0.05, 0.1) is 19.1 Å². The third-order valence-electron chi connectivity index (χ3n) is 4.50. The van der Waals surface area contributed by atoms with Crippen LogP contribution < -0.4 is 20.1 Å². The monoisotopic (exact) mass is 400 g/mol. The molecule has 0 saturated heterocycles. The molecule has 0 aliphatic carbocycles. The maximum absolute atomic E-state index is 10.7. The number of unbranched alkanes of at least 4 members (excludes halogenated alkanes) is 1. The van der Waals surface area contributed by atoms with Crippen LogP contribution in [-0.4, -0.2) is 38.7 Å². The van der Waals surface area contributed by atoms with Crippen molar-refractivity contribution in [3.8, 4) is 11.5 Å². The molecule has 0 aliphatic heterocycles. The predicted octanol–water partition coefficient (Wildman–Crippen LogP) is 3.30. The van der Waals surface area contributed by atoms with E-state index in [1.807, 2.05) is 30.3 Å². The summed E-state index contributed by atoms with van der Waals surface area (Å²) < 4.78 is 10.6. The Labute approximate surface area is 171 Å². The molecule has 8 nitrogen and oxygen atoms in total. The summed E-state index contributed by atoms with van der Waals surface area (Å²) in [7, 11) is 4.99. The Bertz CT molecular complexity index is 822. The third-order valence-corrected chi connectivity index (χ3v) is 4.50. The second-order valence-electron chi connectivity index (χ2n) is 6.41. The number of nitrogens with zero attached hydrogens (tertiary/aromatic N) is 2. The SMILES string of the molecule is CN=C(NCCCCc1ccc([N+](=O)[O-])cc1)NCc1ccc(OC)cc1OC. The number of hydrogen-bond donors (Lipinski definition) is 2. The van der Waals surface area contributed by atoms with Gasteiger partial charge in [0.2, 0.25) is 0 Å².